The van der Waals surface area contributed by atoms with E-state index in [1.165, 1.54) is 18.5 Å². The Morgan fingerprint density at radius 3 is 2.90 bits per heavy atom. The second-order valence-corrected chi connectivity index (χ2v) is 5.09. The van der Waals surface area contributed by atoms with Gasteiger partial charge >= 0.3 is 12.0 Å². The molecule has 0 saturated carbocycles. The maximum Gasteiger partial charge on any atom is 0.337 e. The maximum absolute atomic E-state index is 12.3. The second-order valence-electron chi connectivity index (χ2n) is 5.09. The van der Waals surface area contributed by atoms with Crippen LogP contribution in [0.5, 0.6) is 0 Å². The molecule has 0 spiro atoms. The van der Waals surface area contributed by atoms with E-state index in [9.17, 15) is 9.59 Å². The van der Waals surface area contributed by atoms with Gasteiger partial charge < -0.3 is 15.3 Å². The maximum atomic E-state index is 12.3. The summed E-state index contributed by atoms with van der Waals surface area (Å²) in [4.78, 5) is 28.8. The van der Waals surface area contributed by atoms with Gasteiger partial charge in [0.15, 0.2) is 0 Å². The highest BCUT2D eigenvalue weighted by Crippen LogP contribution is 2.18. The van der Waals surface area contributed by atoms with Crippen LogP contribution in [-0.4, -0.2) is 39.6 Å². The third-order valence-corrected chi connectivity index (χ3v) is 3.55. The number of carbonyl (C=O) groups is 2. The van der Waals surface area contributed by atoms with Gasteiger partial charge in [0, 0.05) is 18.8 Å². The molecule has 0 aromatic carbocycles. The lowest BCUT2D eigenvalue weighted by atomic mass is 10.1. The summed E-state index contributed by atoms with van der Waals surface area (Å²) in [6, 6.07) is 1.42. The molecule has 6 heteroatoms. The Labute approximate surface area is 117 Å². The van der Waals surface area contributed by atoms with E-state index in [0.717, 1.165) is 32.2 Å². The van der Waals surface area contributed by atoms with Crippen LogP contribution in [0.25, 0.3) is 0 Å². The van der Waals surface area contributed by atoms with Crippen molar-refractivity contribution < 1.29 is 14.7 Å². The van der Waals surface area contributed by atoms with E-state index in [0.29, 0.717) is 5.69 Å². The van der Waals surface area contributed by atoms with Crippen molar-refractivity contribution in [3.8, 4) is 0 Å². The van der Waals surface area contributed by atoms with Crippen molar-refractivity contribution in [2.45, 2.75) is 38.6 Å². The number of aromatic carboxylic acids is 1. The molecule has 1 aliphatic rings. The Bertz CT molecular complexity index is 504. The van der Waals surface area contributed by atoms with Crippen molar-refractivity contribution in [1.82, 2.24) is 9.88 Å². The molecule has 2 amide bonds. The van der Waals surface area contributed by atoms with Crippen molar-refractivity contribution in [3.63, 3.8) is 0 Å². The smallest absolute Gasteiger partial charge is 0.337 e. The number of aromatic nitrogens is 1. The SMILES string of the molecule is CC1CCCCCN1C(=O)Nc1cncc(C(=O)O)c1. The zero-order chi connectivity index (χ0) is 14.5. The Hall–Kier alpha value is -2.11. The van der Waals surface area contributed by atoms with Crippen LogP contribution in [0, 0.1) is 0 Å². The number of amides is 2. The molecule has 0 aliphatic carbocycles. The number of urea groups is 1. The first-order valence-electron chi connectivity index (χ1n) is 6.84. The summed E-state index contributed by atoms with van der Waals surface area (Å²) in [7, 11) is 0. The number of nitrogens with zero attached hydrogens (tertiary/aromatic N) is 2. The molecule has 2 heterocycles. The molecule has 1 atom stereocenters. The molecule has 6 nitrogen and oxygen atoms in total. The molecule has 108 valence electrons. The molecular formula is C14H19N3O3. The number of anilines is 1. The lowest BCUT2D eigenvalue weighted by Gasteiger charge is -2.27. The van der Waals surface area contributed by atoms with Crippen LogP contribution in [0.3, 0.4) is 0 Å². The Morgan fingerprint density at radius 2 is 2.15 bits per heavy atom. The van der Waals surface area contributed by atoms with Crippen molar-refractivity contribution in [2.75, 3.05) is 11.9 Å². The first-order chi connectivity index (χ1) is 9.58. The summed E-state index contributed by atoms with van der Waals surface area (Å²) in [5, 5.41) is 11.6. The predicted octanol–water partition coefficient (Wildman–Crippen LogP) is 2.58. The molecule has 2 rings (SSSR count). The standard InChI is InChI=1S/C14H19N3O3/c1-10-5-3-2-4-6-17(10)14(20)16-12-7-11(13(18)19)8-15-9-12/h7-10H,2-6H2,1H3,(H,16,20)(H,18,19). The molecule has 20 heavy (non-hydrogen) atoms. The highest BCUT2D eigenvalue weighted by Gasteiger charge is 2.22. The highest BCUT2D eigenvalue weighted by molar-refractivity contribution is 5.92. The number of hydrogen-bond acceptors (Lipinski definition) is 3. The van der Waals surface area contributed by atoms with E-state index in [1.54, 1.807) is 4.90 Å². The normalized spacial score (nSPS) is 19.2. The van der Waals surface area contributed by atoms with Crippen LogP contribution in [0.1, 0.15) is 43.0 Å². The minimum atomic E-state index is -1.06. The van der Waals surface area contributed by atoms with Gasteiger partial charge in [-0.05, 0) is 25.8 Å². The minimum Gasteiger partial charge on any atom is -0.478 e. The second kappa shape index (κ2) is 6.36. The van der Waals surface area contributed by atoms with Gasteiger partial charge in [0.25, 0.3) is 0 Å². The molecule has 1 fully saturated rings. The number of likely N-dealkylation sites (tertiary alicyclic amines) is 1. The van der Waals surface area contributed by atoms with Crippen molar-refractivity contribution >= 4 is 17.7 Å². The van der Waals surface area contributed by atoms with Crippen LogP contribution < -0.4 is 5.32 Å². The third-order valence-electron chi connectivity index (χ3n) is 3.55. The van der Waals surface area contributed by atoms with Gasteiger partial charge in [-0.15, -0.1) is 0 Å². The number of hydrogen-bond donors (Lipinski definition) is 2. The van der Waals surface area contributed by atoms with E-state index in [-0.39, 0.29) is 17.6 Å². The molecule has 1 aliphatic heterocycles. The Morgan fingerprint density at radius 1 is 1.35 bits per heavy atom. The van der Waals surface area contributed by atoms with E-state index in [4.69, 9.17) is 5.11 Å². The van der Waals surface area contributed by atoms with Gasteiger partial charge in [0.1, 0.15) is 0 Å². The molecule has 2 N–H and O–H groups in total. The van der Waals surface area contributed by atoms with Crippen LogP contribution in [0.15, 0.2) is 18.5 Å². The van der Waals surface area contributed by atoms with Crippen LogP contribution in [0.4, 0.5) is 10.5 Å². The summed E-state index contributed by atoms with van der Waals surface area (Å²) >= 11 is 0. The average Bonchev–Trinajstić information content (AvgIpc) is 2.63. The predicted molar refractivity (Wildman–Crippen MR) is 74.9 cm³/mol. The van der Waals surface area contributed by atoms with Crippen molar-refractivity contribution in [3.05, 3.63) is 24.0 Å². The molecular weight excluding hydrogens is 258 g/mol. The zero-order valence-corrected chi connectivity index (χ0v) is 11.5. The fraction of sp³-hybridized carbons (Fsp3) is 0.500. The van der Waals surface area contributed by atoms with Crippen molar-refractivity contribution in [1.29, 1.82) is 0 Å². The first kappa shape index (κ1) is 14.3. The van der Waals surface area contributed by atoms with Crippen LogP contribution in [-0.2, 0) is 0 Å². The van der Waals surface area contributed by atoms with Gasteiger partial charge in [-0.2, -0.15) is 0 Å². The van der Waals surface area contributed by atoms with E-state index in [1.807, 2.05) is 6.92 Å². The molecule has 0 bridgehead atoms. The van der Waals surface area contributed by atoms with Crippen LogP contribution in [0.2, 0.25) is 0 Å². The molecule has 1 saturated heterocycles. The average molecular weight is 277 g/mol. The quantitative estimate of drug-likeness (QED) is 0.870. The Balaban J connectivity index is 2.06. The van der Waals surface area contributed by atoms with E-state index >= 15 is 0 Å². The monoisotopic (exact) mass is 277 g/mol. The van der Waals surface area contributed by atoms with Gasteiger partial charge in [-0.3, -0.25) is 4.98 Å². The number of carbonyl (C=O) groups excluding carboxylic acids is 1. The fourth-order valence-corrected chi connectivity index (χ4v) is 2.40. The number of carboxylic acid groups (broad SMARTS) is 1. The van der Waals surface area contributed by atoms with Gasteiger partial charge in [0.2, 0.25) is 0 Å². The van der Waals surface area contributed by atoms with Gasteiger partial charge in [-0.25, -0.2) is 9.59 Å². The fourth-order valence-electron chi connectivity index (χ4n) is 2.40. The molecule has 1 aromatic heterocycles. The summed E-state index contributed by atoms with van der Waals surface area (Å²) in [5.74, 6) is -1.06. The Kier molecular flexibility index (Phi) is 4.55. The highest BCUT2D eigenvalue weighted by atomic mass is 16.4. The lowest BCUT2D eigenvalue weighted by molar-refractivity contribution is 0.0696. The van der Waals surface area contributed by atoms with E-state index in [2.05, 4.69) is 10.3 Å². The summed E-state index contributed by atoms with van der Waals surface area (Å²) in [6.07, 6.45) is 7.00. The molecule has 1 aromatic rings. The summed E-state index contributed by atoms with van der Waals surface area (Å²) < 4.78 is 0. The molecule has 0 radical (unpaired) electrons. The first-order valence-corrected chi connectivity index (χ1v) is 6.84. The summed E-state index contributed by atoms with van der Waals surface area (Å²) in [5.41, 5.74) is 0.470. The lowest BCUT2D eigenvalue weighted by Crippen LogP contribution is -2.41. The number of rotatable bonds is 2. The number of nitrogens with one attached hydrogen (secondary N) is 1. The minimum absolute atomic E-state index is 0.0618. The topological polar surface area (TPSA) is 82.5 Å². The largest absolute Gasteiger partial charge is 0.478 e. The van der Waals surface area contributed by atoms with Gasteiger partial charge in [-0.1, -0.05) is 12.8 Å². The number of pyridine rings is 1. The zero-order valence-electron chi connectivity index (χ0n) is 11.5. The third kappa shape index (κ3) is 3.46. The summed E-state index contributed by atoms with van der Waals surface area (Å²) in [6.45, 7) is 2.77. The van der Waals surface area contributed by atoms with Gasteiger partial charge in [0.05, 0.1) is 17.4 Å². The van der Waals surface area contributed by atoms with Crippen molar-refractivity contribution in [2.24, 2.45) is 0 Å². The molecule has 1 unspecified atom stereocenters. The van der Waals surface area contributed by atoms with Crippen LogP contribution >= 0.6 is 0 Å². The van der Waals surface area contributed by atoms with E-state index < -0.39 is 5.97 Å². The number of carboxylic acids is 1.